The number of hydrazine groups is 1. The number of halogens is 1. The Bertz CT molecular complexity index is 1060. The van der Waals surface area contributed by atoms with Crippen molar-refractivity contribution < 1.29 is 9.18 Å². The van der Waals surface area contributed by atoms with E-state index >= 15 is 0 Å². The van der Waals surface area contributed by atoms with Gasteiger partial charge in [0.05, 0.1) is 29.9 Å². The summed E-state index contributed by atoms with van der Waals surface area (Å²) in [6.45, 7) is 6.42. The normalized spacial score (nSPS) is 19.6. The molecule has 3 atom stereocenters. The summed E-state index contributed by atoms with van der Waals surface area (Å²) in [7, 11) is 0. The molecule has 0 spiro atoms. The summed E-state index contributed by atoms with van der Waals surface area (Å²) in [5, 5.41) is 7.62. The fourth-order valence-electron chi connectivity index (χ4n) is 4.05. The smallest absolute Gasteiger partial charge is 0.226 e. The largest absolute Gasteiger partial charge is 0.349 e. The minimum atomic E-state index is -0.422. The molecule has 1 aliphatic rings. The van der Waals surface area contributed by atoms with Crippen LogP contribution in [0.25, 0.3) is 5.69 Å². The van der Waals surface area contributed by atoms with Crippen LogP contribution in [0.4, 0.5) is 4.39 Å². The molecule has 3 N–H and O–H groups in total. The van der Waals surface area contributed by atoms with Gasteiger partial charge in [0.15, 0.2) is 0 Å². The topological polar surface area (TPSA) is 71.0 Å². The lowest BCUT2D eigenvalue weighted by Crippen LogP contribution is -2.36. The summed E-state index contributed by atoms with van der Waals surface area (Å²) in [6, 6.07) is 13.9. The lowest BCUT2D eigenvalue weighted by molar-refractivity contribution is -0.125. The van der Waals surface area contributed by atoms with Gasteiger partial charge in [-0.3, -0.25) is 10.2 Å². The predicted molar refractivity (Wildman–Crippen MR) is 113 cm³/mol. The van der Waals surface area contributed by atoms with Crippen molar-refractivity contribution in [2.45, 2.75) is 32.9 Å². The van der Waals surface area contributed by atoms with Gasteiger partial charge < -0.3 is 5.32 Å². The number of benzene rings is 2. The maximum absolute atomic E-state index is 14.2. The van der Waals surface area contributed by atoms with Gasteiger partial charge in [-0.1, -0.05) is 36.4 Å². The van der Waals surface area contributed by atoms with Crippen molar-refractivity contribution in [1.29, 1.82) is 0 Å². The molecule has 1 aromatic heterocycles. The molecule has 7 heteroatoms. The van der Waals surface area contributed by atoms with Crippen LogP contribution in [0.15, 0.2) is 54.7 Å². The Morgan fingerprint density at radius 3 is 2.70 bits per heavy atom. The summed E-state index contributed by atoms with van der Waals surface area (Å²) in [5.74, 6) is -0.868. The first-order valence-electron chi connectivity index (χ1n) is 10.1. The van der Waals surface area contributed by atoms with Gasteiger partial charge in [0.1, 0.15) is 5.82 Å². The summed E-state index contributed by atoms with van der Waals surface area (Å²) in [6.07, 6.45) is 1.80. The Hall–Kier alpha value is -3.03. The molecule has 3 aromatic rings. The van der Waals surface area contributed by atoms with E-state index < -0.39 is 12.0 Å². The van der Waals surface area contributed by atoms with E-state index in [-0.39, 0.29) is 17.8 Å². The lowest BCUT2D eigenvalue weighted by atomic mass is 9.93. The van der Waals surface area contributed by atoms with Crippen molar-refractivity contribution in [1.82, 2.24) is 25.9 Å². The Balaban J connectivity index is 1.52. The quantitative estimate of drug-likeness (QED) is 0.607. The molecule has 1 aliphatic heterocycles. The second-order valence-electron chi connectivity index (χ2n) is 7.74. The van der Waals surface area contributed by atoms with Crippen LogP contribution in [0.5, 0.6) is 0 Å². The van der Waals surface area contributed by atoms with Crippen LogP contribution in [0.2, 0.25) is 0 Å². The van der Waals surface area contributed by atoms with Gasteiger partial charge in [-0.05, 0) is 38.5 Å². The van der Waals surface area contributed by atoms with Crippen molar-refractivity contribution in [3.63, 3.8) is 0 Å². The number of carbonyl (C=O) groups is 1. The highest BCUT2D eigenvalue weighted by molar-refractivity contribution is 5.80. The fraction of sp³-hybridized carbons (Fsp3) is 0.304. The zero-order valence-electron chi connectivity index (χ0n) is 17.3. The number of amides is 1. The Morgan fingerprint density at radius 1 is 1.20 bits per heavy atom. The maximum Gasteiger partial charge on any atom is 0.226 e. The summed E-state index contributed by atoms with van der Waals surface area (Å²) in [5.41, 5.74) is 10.6. The number of para-hydroxylation sites is 1. The van der Waals surface area contributed by atoms with Gasteiger partial charge in [-0.15, -0.1) is 0 Å². The molecule has 156 valence electrons. The maximum atomic E-state index is 14.2. The van der Waals surface area contributed by atoms with Gasteiger partial charge in [-0.25, -0.2) is 14.5 Å². The number of aryl methyl sites for hydroxylation is 1. The first kappa shape index (κ1) is 20.3. The van der Waals surface area contributed by atoms with E-state index in [9.17, 15) is 9.18 Å². The molecule has 6 nitrogen and oxygen atoms in total. The molecule has 1 fully saturated rings. The van der Waals surface area contributed by atoms with Gasteiger partial charge in [0.2, 0.25) is 5.91 Å². The monoisotopic (exact) mass is 407 g/mol. The number of nitrogens with zero attached hydrogens (tertiary/aromatic N) is 2. The number of hydrogen-bond donors (Lipinski definition) is 3. The summed E-state index contributed by atoms with van der Waals surface area (Å²) in [4.78, 5) is 13.0. The van der Waals surface area contributed by atoms with E-state index in [0.717, 1.165) is 22.5 Å². The van der Waals surface area contributed by atoms with Gasteiger partial charge in [0, 0.05) is 23.4 Å². The van der Waals surface area contributed by atoms with Gasteiger partial charge in [-0.2, -0.15) is 5.10 Å². The minimum Gasteiger partial charge on any atom is -0.349 e. The number of nitrogens with one attached hydrogen (secondary N) is 3. The molecule has 2 aromatic carbocycles. The van der Waals surface area contributed by atoms with E-state index in [1.807, 2.05) is 49.7 Å². The lowest BCUT2D eigenvalue weighted by Gasteiger charge is -2.21. The van der Waals surface area contributed by atoms with Gasteiger partial charge in [0.25, 0.3) is 0 Å². The molecule has 0 radical (unpaired) electrons. The average Bonchev–Trinajstić information content (AvgIpc) is 3.36. The van der Waals surface area contributed by atoms with E-state index in [4.69, 9.17) is 0 Å². The zero-order valence-corrected chi connectivity index (χ0v) is 17.3. The highest BCUT2D eigenvalue weighted by atomic mass is 19.1. The zero-order chi connectivity index (χ0) is 21.3. The molecule has 1 amide bonds. The molecular formula is C23H26FN5O. The number of hydrogen-bond acceptors (Lipinski definition) is 4. The molecule has 0 saturated carbocycles. The van der Waals surface area contributed by atoms with Crippen molar-refractivity contribution in [3.8, 4) is 5.69 Å². The van der Waals surface area contributed by atoms with Crippen LogP contribution >= 0.6 is 0 Å². The molecule has 30 heavy (non-hydrogen) atoms. The van der Waals surface area contributed by atoms with E-state index in [2.05, 4.69) is 21.3 Å². The van der Waals surface area contributed by atoms with E-state index in [1.165, 1.54) is 6.07 Å². The third kappa shape index (κ3) is 3.74. The highest BCUT2D eigenvalue weighted by Crippen LogP contribution is 2.28. The molecule has 2 heterocycles. The molecule has 3 unspecified atom stereocenters. The van der Waals surface area contributed by atoms with Crippen molar-refractivity contribution in [2.24, 2.45) is 5.92 Å². The van der Waals surface area contributed by atoms with Crippen LogP contribution < -0.4 is 16.2 Å². The van der Waals surface area contributed by atoms with Gasteiger partial charge >= 0.3 is 0 Å². The molecule has 1 saturated heterocycles. The molecule has 0 aliphatic carbocycles. The number of carbonyl (C=O) groups excluding carboxylic acids is 1. The van der Waals surface area contributed by atoms with E-state index in [0.29, 0.717) is 12.1 Å². The van der Waals surface area contributed by atoms with Crippen molar-refractivity contribution >= 4 is 5.91 Å². The van der Waals surface area contributed by atoms with Crippen molar-refractivity contribution in [2.75, 3.05) is 6.54 Å². The SMILES string of the molecule is Cc1ccccc1-n1ncc(C(C)NC(=O)C2CNNC2c2ccccc2F)c1C. The molecule has 4 rings (SSSR count). The number of rotatable bonds is 5. The Morgan fingerprint density at radius 2 is 1.93 bits per heavy atom. The van der Waals surface area contributed by atoms with Crippen LogP contribution in [-0.4, -0.2) is 22.2 Å². The third-order valence-electron chi connectivity index (χ3n) is 5.78. The first-order valence-corrected chi connectivity index (χ1v) is 10.1. The Labute approximate surface area is 175 Å². The standard InChI is InChI=1S/C23H26FN5O/c1-14-8-4-7-11-21(14)29-16(3)18(13-26-29)15(2)27-23(30)19-12-25-28-22(19)17-9-5-6-10-20(17)24/h4-11,13,15,19,22,25,28H,12H2,1-3H3,(H,27,30). The van der Waals surface area contributed by atoms with Crippen LogP contribution in [0.1, 0.15) is 41.4 Å². The first-order chi connectivity index (χ1) is 14.5. The molecule has 0 bridgehead atoms. The second kappa shape index (κ2) is 8.38. The molecular weight excluding hydrogens is 381 g/mol. The number of aromatic nitrogens is 2. The third-order valence-corrected chi connectivity index (χ3v) is 5.78. The fourth-order valence-corrected chi connectivity index (χ4v) is 4.05. The summed E-state index contributed by atoms with van der Waals surface area (Å²) < 4.78 is 16.1. The predicted octanol–water partition coefficient (Wildman–Crippen LogP) is 3.27. The van der Waals surface area contributed by atoms with E-state index in [1.54, 1.807) is 24.4 Å². The Kier molecular flexibility index (Phi) is 5.65. The van der Waals surface area contributed by atoms with Crippen LogP contribution in [-0.2, 0) is 4.79 Å². The second-order valence-corrected chi connectivity index (χ2v) is 7.74. The minimum absolute atomic E-state index is 0.128. The highest BCUT2D eigenvalue weighted by Gasteiger charge is 2.36. The van der Waals surface area contributed by atoms with Crippen LogP contribution in [0.3, 0.4) is 0 Å². The average molecular weight is 407 g/mol. The van der Waals surface area contributed by atoms with Crippen LogP contribution in [0, 0.1) is 25.6 Å². The summed E-state index contributed by atoms with van der Waals surface area (Å²) >= 11 is 0. The van der Waals surface area contributed by atoms with Crippen molar-refractivity contribution in [3.05, 3.63) is 82.9 Å².